The largest absolute Gasteiger partial charge is 0.494 e. The molecule has 1 amide bonds. The van der Waals surface area contributed by atoms with Crippen molar-refractivity contribution >= 4 is 15.9 Å². The Hall–Kier alpha value is -2.38. The molecule has 7 heteroatoms. The second-order valence-corrected chi connectivity index (χ2v) is 9.58. The predicted molar refractivity (Wildman–Crippen MR) is 117 cm³/mol. The number of rotatable bonds is 7. The summed E-state index contributed by atoms with van der Waals surface area (Å²) in [6.07, 6.45) is 4.35. The number of sulfonamides is 1. The lowest BCUT2D eigenvalue weighted by molar-refractivity contribution is 0.0761. The molecule has 2 aromatic carbocycles. The molecule has 0 unspecified atom stereocenters. The number of carbonyl (C=O) groups is 1. The van der Waals surface area contributed by atoms with Crippen LogP contribution in [0.3, 0.4) is 0 Å². The Labute approximate surface area is 179 Å². The van der Waals surface area contributed by atoms with Crippen molar-refractivity contribution in [2.24, 2.45) is 0 Å². The van der Waals surface area contributed by atoms with Gasteiger partial charge in [-0.05, 0) is 50.1 Å². The van der Waals surface area contributed by atoms with E-state index in [1.54, 1.807) is 55.6 Å². The number of hydrogen-bond acceptors (Lipinski definition) is 4. The summed E-state index contributed by atoms with van der Waals surface area (Å²) < 4.78 is 32.8. The summed E-state index contributed by atoms with van der Waals surface area (Å²) >= 11 is 0. The van der Waals surface area contributed by atoms with Crippen LogP contribution in [0.1, 0.15) is 48.5 Å². The third kappa shape index (κ3) is 5.21. The van der Waals surface area contributed by atoms with E-state index >= 15 is 0 Å². The molecule has 0 radical (unpaired) electrons. The van der Waals surface area contributed by atoms with Crippen molar-refractivity contribution in [3.8, 4) is 5.75 Å². The molecular formula is C23H30N2O4S. The fraction of sp³-hybridized carbons (Fsp3) is 0.435. The summed E-state index contributed by atoms with van der Waals surface area (Å²) in [6.45, 7) is 3.99. The molecule has 162 valence electrons. The van der Waals surface area contributed by atoms with Gasteiger partial charge in [-0.15, -0.1) is 0 Å². The van der Waals surface area contributed by atoms with E-state index in [9.17, 15) is 13.2 Å². The van der Waals surface area contributed by atoms with Gasteiger partial charge in [0.1, 0.15) is 5.75 Å². The molecule has 0 bridgehead atoms. The average Bonchev–Trinajstić information content (AvgIpc) is 3.04. The molecule has 1 aliphatic rings. The first kappa shape index (κ1) is 22.3. The summed E-state index contributed by atoms with van der Waals surface area (Å²) in [5, 5.41) is 0. The van der Waals surface area contributed by atoms with Crippen LogP contribution >= 0.6 is 0 Å². The van der Waals surface area contributed by atoms with Crippen LogP contribution in [0.5, 0.6) is 5.75 Å². The summed E-state index contributed by atoms with van der Waals surface area (Å²) in [7, 11) is -2.10. The topological polar surface area (TPSA) is 66.9 Å². The van der Waals surface area contributed by atoms with E-state index in [1.807, 2.05) is 11.8 Å². The Bertz CT molecular complexity index is 952. The van der Waals surface area contributed by atoms with Crippen LogP contribution in [-0.4, -0.2) is 50.3 Å². The Morgan fingerprint density at radius 3 is 2.33 bits per heavy atom. The molecule has 1 saturated heterocycles. The second-order valence-electron chi connectivity index (χ2n) is 7.54. The molecule has 30 heavy (non-hydrogen) atoms. The number of amides is 1. The molecule has 1 aliphatic heterocycles. The van der Waals surface area contributed by atoms with E-state index in [2.05, 4.69) is 0 Å². The first-order valence-corrected chi connectivity index (χ1v) is 11.9. The molecule has 0 spiro atoms. The number of likely N-dealkylation sites (tertiary alicyclic amines) is 1. The van der Waals surface area contributed by atoms with Gasteiger partial charge in [0, 0.05) is 37.8 Å². The van der Waals surface area contributed by atoms with Gasteiger partial charge < -0.3 is 9.64 Å². The van der Waals surface area contributed by atoms with Gasteiger partial charge in [-0.1, -0.05) is 31.0 Å². The highest BCUT2D eigenvalue weighted by Gasteiger charge is 2.23. The maximum atomic E-state index is 13.0. The number of hydrogen-bond donors (Lipinski definition) is 0. The Kier molecular flexibility index (Phi) is 7.50. The van der Waals surface area contributed by atoms with Gasteiger partial charge in [0.15, 0.2) is 0 Å². The van der Waals surface area contributed by atoms with Crippen LogP contribution in [0.25, 0.3) is 0 Å². The van der Waals surface area contributed by atoms with E-state index in [4.69, 9.17) is 4.74 Å². The van der Waals surface area contributed by atoms with Crippen molar-refractivity contribution < 1.29 is 17.9 Å². The van der Waals surface area contributed by atoms with Crippen molar-refractivity contribution in [3.05, 3.63) is 59.7 Å². The highest BCUT2D eigenvalue weighted by molar-refractivity contribution is 7.89. The molecular weight excluding hydrogens is 400 g/mol. The fourth-order valence-corrected chi connectivity index (χ4v) is 4.86. The third-order valence-electron chi connectivity index (χ3n) is 5.34. The average molecular weight is 431 g/mol. The Morgan fingerprint density at radius 2 is 1.70 bits per heavy atom. The predicted octanol–water partition coefficient (Wildman–Crippen LogP) is 3.92. The fourth-order valence-electron chi connectivity index (χ4n) is 3.69. The quantitative estimate of drug-likeness (QED) is 0.668. The van der Waals surface area contributed by atoms with Crippen molar-refractivity contribution in [1.82, 2.24) is 9.21 Å². The lowest BCUT2D eigenvalue weighted by Gasteiger charge is -2.22. The number of benzene rings is 2. The zero-order valence-electron chi connectivity index (χ0n) is 17.7. The maximum Gasteiger partial charge on any atom is 0.253 e. The van der Waals surface area contributed by atoms with Crippen LogP contribution in [-0.2, 0) is 16.6 Å². The minimum atomic E-state index is -3.64. The van der Waals surface area contributed by atoms with E-state index < -0.39 is 10.0 Å². The second kappa shape index (κ2) is 10.1. The smallest absolute Gasteiger partial charge is 0.253 e. The summed E-state index contributed by atoms with van der Waals surface area (Å²) in [4.78, 5) is 15.2. The molecule has 0 N–H and O–H groups in total. The summed E-state index contributed by atoms with van der Waals surface area (Å²) in [6, 6.07) is 13.7. The molecule has 0 aliphatic carbocycles. The van der Waals surface area contributed by atoms with Crippen LogP contribution in [0.15, 0.2) is 53.4 Å². The molecule has 1 heterocycles. The molecule has 3 rings (SSSR count). The minimum absolute atomic E-state index is 0.00484. The minimum Gasteiger partial charge on any atom is -0.494 e. The highest BCUT2D eigenvalue weighted by atomic mass is 32.2. The summed E-state index contributed by atoms with van der Waals surface area (Å²) in [5.74, 6) is 0.592. The monoisotopic (exact) mass is 430 g/mol. The van der Waals surface area contributed by atoms with Gasteiger partial charge >= 0.3 is 0 Å². The molecule has 6 nitrogen and oxygen atoms in total. The summed E-state index contributed by atoms with van der Waals surface area (Å²) in [5.41, 5.74) is 1.25. The zero-order chi connectivity index (χ0) is 21.6. The number of nitrogens with zero attached hydrogens (tertiary/aromatic N) is 2. The molecule has 1 fully saturated rings. The van der Waals surface area contributed by atoms with Gasteiger partial charge in [0.05, 0.1) is 11.5 Å². The van der Waals surface area contributed by atoms with Crippen molar-refractivity contribution in [2.75, 3.05) is 26.7 Å². The van der Waals surface area contributed by atoms with Gasteiger partial charge in [0.25, 0.3) is 5.91 Å². The highest BCUT2D eigenvalue weighted by Crippen LogP contribution is 2.25. The van der Waals surface area contributed by atoms with Gasteiger partial charge in [-0.3, -0.25) is 4.79 Å². The van der Waals surface area contributed by atoms with Gasteiger partial charge in [-0.25, -0.2) is 8.42 Å². The van der Waals surface area contributed by atoms with Gasteiger partial charge in [0.2, 0.25) is 10.0 Å². The maximum absolute atomic E-state index is 13.0. The van der Waals surface area contributed by atoms with Gasteiger partial charge in [-0.2, -0.15) is 4.31 Å². The zero-order valence-corrected chi connectivity index (χ0v) is 18.5. The SMILES string of the molecule is CCOc1ccc(C(=O)N2CCCCCC2)cc1CN(C)S(=O)(=O)c1ccccc1. The van der Waals surface area contributed by atoms with E-state index in [0.717, 1.165) is 38.8 Å². The first-order valence-electron chi connectivity index (χ1n) is 10.5. The molecule has 2 aromatic rings. The van der Waals surface area contributed by atoms with Crippen LogP contribution < -0.4 is 4.74 Å². The Balaban J connectivity index is 1.86. The lowest BCUT2D eigenvalue weighted by Crippen LogP contribution is -2.32. The Morgan fingerprint density at radius 1 is 1.03 bits per heavy atom. The van der Waals surface area contributed by atoms with Crippen LogP contribution in [0.4, 0.5) is 0 Å². The van der Waals surface area contributed by atoms with E-state index in [0.29, 0.717) is 23.5 Å². The third-order valence-corrected chi connectivity index (χ3v) is 7.16. The molecule has 0 aromatic heterocycles. The van der Waals surface area contributed by atoms with E-state index in [1.165, 1.54) is 4.31 Å². The number of carbonyl (C=O) groups excluding carboxylic acids is 1. The molecule has 0 atom stereocenters. The standard InChI is InChI=1S/C23H30N2O4S/c1-3-29-22-14-13-19(23(26)25-15-9-4-5-10-16-25)17-20(22)18-24(2)30(27,28)21-11-7-6-8-12-21/h6-8,11-14,17H,3-5,9-10,15-16,18H2,1-2H3. The lowest BCUT2D eigenvalue weighted by atomic mass is 10.1. The van der Waals surface area contributed by atoms with Crippen LogP contribution in [0.2, 0.25) is 0 Å². The van der Waals surface area contributed by atoms with Crippen LogP contribution in [0, 0.1) is 0 Å². The number of ether oxygens (including phenoxy) is 1. The first-order chi connectivity index (χ1) is 14.4. The van der Waals surface area contributed by atoms with Crippen molar-refractivity contribution in [2.45, 2.75) is 44.0 Å². The van der Waals surface area contributed by atoms with Crippen molar-refractivity contribution in [3.63, 3.8) is 0 Å². The normalized spacial score (nSPS) is 15.1. The molecule has 0 saturated carbocycles. The van der Waals surface area contributed by atoms with E-state index in [-0.39, 0.29) is 17.3 Å². The van der Waals surface area contributed by atoms with Crippen molar-refractivity contribution in [1.29, 1.82) is 0 Å².